The Bertz CT molecular complexity index is 852. The molecule has 0 aliphatic heterocycles. The van der Waals surface area contributed by atoms with Gasteiger partial charge in [0, 0.05) is 25.4 Å². The summed E-state index contributed by atoms with van der Waals surface area (Å²) in [5.41, 5.74) is 0.589. The second kappa shape index (κ2) is 9.91. The molecular formula is C18H22N2O6S. The van der Waals surface area contributed by atoms with E-state index in [4.69, 9.17) is 14.2 Å². The number of sulfonamides is 1. The van der Waals surface area contributed by atoms with Gasteiger partial charge >= 0.3 is 0 Å². The first-order chi connectivity index (χ1) is 12.9. The number of nitrogens with one attached hydrogen (secondary N) is 2. The van der Waals surface area contributed by atoms with Crippen molar-refractivity contribution in [1.29, 1.82) is 0 Å². The number of rotatable bonds is 10. The van der Waals surface area contributed by atoms with E-state index in [2.05, 4.69) is 10.0 Å². The molecule has 8 nitrogen and oxygen atoms in total. The number of anilines is 1. The van der Waals surface area contributed by atoms with Crippen LogP contribution in [-0.4, -0.2) is 48.3 Å². The summed E-state index contributed by atoms with van der Waals surface area (Å²) in [5.74, 6) is 0.664. The topological polar surface area (TPSA) is 103 Å². The summed E-state index contributed by atoms with van der Waals surface area (Å²) in [5, 5.41) is 2.69. The van der Waals surface area contributed by atoms with E-state index in [1.165, 1.54) is 31.4 Å². The number of benzene rings is 2. The Kier molecular flexibility index (Phi) is 7.59. The Morgan fingerprint density at radius 2 is 1.78 bits per heavy atom. The first-order valence-electron chi connectivity index (χ1n) is 8.10. The number of hydrogen-bond donors (Lipinski definition) is 2. The van der Waals surface area contributed by atoms with Crippen LogP contribution in [0.25, 0.3) is 0 Å². The fraction of sp³-hybridized carbons (Fsp3) is 0.278. The molecule has 0 bridgehead atoms. The Hall–Kier alpha value is -2.62. The lowest BCUT2D eigenvalue weighted by Gasteiger charge is -2.10. The van der Waals surface area contributed by atoms with E-state index < -0.39 is 10.0 Å². The maximum Gasteiger partial charge on any atom is 0.262 e. The van der Waals surface area contributed by atoms with Crippen LogP contribution in [0.4, 0.5) is 5.69 Å². The molecule has 0 saturated carbocycles. The first kappa shape index (κ1) is 20.7. The van der Waals surface area contributed by atoms with Crippen LogP contribution in [0.2, 0.25) is 0 Å². The molecule has 146 valence electrons. The van der Waals surface area contributed by atoms with Gasteiger partial charge in [-0.2, -0.15) is 0 Å². The van der Waals surface area contributed by atoms with Gasteiger partial charge in [-0.1, -0.05) is 6.07 Å². The van der Waals surface area contributed by atoms with Crippen LogP contribution in [-0.2, 0) is 19.6 Å². The average Bonchev–Trinajstić information content (AvgIpc) is 2.67. The summed E-state index contributed by atoms with van der Waals surface area (Å²) in [7, 11) is -0.571. The highest BCUT2D eigenvalue weighted by Gasteiger charge is 2.13. The smallest absolute Gasteiger partial charge is 0.262 e. The van der Waals surface area contributed by atoms with Gasteiger partial charge in [0.05, 0.1) is 18.6 Å². The molecule has 0 aliphatic rings. The van der Waals surface area contributed by atoms with E-state index in [9.17, 15) is 13.2 Å². The van der Waals surface area contributed by atoms with Crippen LogP contribution >= 0.6 is 0 Å². The van der Waals surface area contributed by atoms with Crippen molar-refractivity contribution in [2.45, 2.75) is 4.90 Å². The van der Waals surface area contributed by atoms with Crippen molar-refractivity contribution in [2.75, 3.05) is 39.3 Å². The van der Waals surface area contributed by atoms with Crippen LogP contribution in [0.3, 0.4) is 0 Å². The summed E-state index contributed by atoms with van der Waals surface area (Å²) < 4.78 is 41.8. The van der Waals surface area contributed by atoms with Crippen molar-refractivity contribution in [3.63, 3.8) is 0 Å². The van der Waals surface area contributed by atoms with Gasteiger partial charge in [-0.15, -0.1) is 0 Å². The highest BCUT2D eigenvalue weighted by atomic mass is 32.2. The number of carbonyl (C=O) groups is 1. The second-order valence-corrected chi connectivity index (χ2v) is 7.20. The summed E-state index contributed by atoms with van der Waals surface area (Å²) in [6, 6.07) is 12.7. The average molecular weight is 394 g/mol. The Labute approximate surface area is 158 Å². The fourth-order valence-electron chi connectivity index (χ4n) is 2.12. The monoisotopic (exact) mass is 394 g/mol. The largest absolute Gasteiger partial charge is 0.497 e. The van der Waals surface area contributed by atoms with Crippen LogP contribution < -0.4 is 19.5 Å². The molecule has 2 aromatic rings. The molecule has 0 fully saturated rings. The molecule has 2 rings (SSSR count). The summed E-state index contributed by atoms with van der Waals surface area (Å²) in [6.07, 6.45) is 0. The SMILES string of the molecule is COCCNS(=O)(=O)c1ccc(OCC(=O)Nc2cccc(OC)c2)cc1. The van der Waals surface area contributed by atoms with E-state index in [1.807, 2.05) is 0 Å². The zero-order valence-corrected chi connectivity index (χ0v) is 15.9. The summed E-state index contributed by atoms with van der Waals surface area (Å²) >= 11 is 0. The van der Waals surface area contributed by atoms with Crippen molar-refractivity contribution in [3.8, 4) is 11.5 Å². The molecule has 1 amide bonds. The van der Waals surface area contributed by atoms with Crippen molar-refractivity contribution >= 4 is 21.6 Å². The minimum atomic E-state index is -3.60. The molecule has 0 heterocycles. The maximum atomic E-state index is 12.1. The maximum absolute atomic E-state index is 12.1. The van der Waals surface area contributed by atoms with Crippen molar-refractivity contribution < 1.29 is 27.4 Å². The zero-order chi connectivity index (χ0) is 19.7. The normalized spacial score (nSPS) is 11.0. The Morgan fingerprint density at radius 1 is 1.04 bits per heavy atom. The van der Waals surface area contributed by atoms with Crippen LogP contribution in [0.5, 0.6) is 11.5 Å². The molecule has 9 heteroatoms. The first-order valence-corrected chi connectivity index (χ1v) is 9.58. The van der Waals surface area contributed by atoms with E-state index in [0.29, 0.717) is 17.2 Å². The van der Waals surface area contributed by atoms with Crippen LogP contribution in [0.15, 0.2) is 53.4 Å². The van der Waals surface area contributed by atoms with Crippen molar-refractivity contribution in [3.05, 3.63) is 48.5 Å². The predicted molar refractivity (Wildman–Crippen MR) is 101 cm³/mol. The molecule has 0 aliphatic carbocycles. The third-order valence-corrected chi connectivity index (χ3v) is 4.93. The standard InChI is InChI=1S/C18H22N2O6S/c1-24-11-10-19-27(22,23)17-8-6-15(7-9-17)26-13-18(21)20-14-4-3-5-16(12-14)25-2/h3-9,12,19H,10-11,13H2,1-2H3,(H,20,21). The second-order valence-electron chi connectivity index (χ2n) is 5.43. The highest BCUT2D eigenvalue weighted by Crippen LogP contribution is 2.18. The molecular weight excluding hydrogens is 372 g/mol. The Balaban J connectivity index is 1.88. The van der Waals surface area contributed by atoms with E-state index in [0.717, 1.165) is 0 Å². The molecule has 27 heavy (non-hydrogen) atoms. The number of ether oxygens (including phenoxy) is 3. The van der Waals surface area contributed by atoms with E-state index >= 15 is 0 Å². The lowest BCUT2D eigenvalue weighted by Crippen LogP contribution is -2.27. The number of methoxy groups -OCH3 is 2. The van der Waals surface area contributed by atoms with Crippen LogP contribution in [0, 0.1) is 0 Å². The third-order valence-electron chi connectivity index (χ3n) is 3.46. The van der Waals surface area contributed by atoms with Gasteiger partial charge in [0.2, 0.25) is 10.0 Å². The number of carbonyl (C=O) groups excluding carboxylic acids is 1. The van der Waals surface area contributed by atoms with Gasteiger partial charge in [-0.25, -0.2) is 13.1 Å². The molecule has 0 radical (unpaired) electrons. The lowest BCUT2D eigenvalue weighted by molar-refractivity contribution is -0.118. The summed E-state index contributed by atoms with van der Waals surface area (Å²) in [4.78, 5) is 12.1. The summed E-state index contributed by atoms with van der Waals surface area (Å²) in [6.45, 7) is 0.250. The highest BCUT2D eigenvalue weighted by molar-refractivity contribution is 7.89. The molecule has 0 spiro atoms. The number of amides is 1. The van der Waals surface area contributed by atoms with Crippen molar-refractivity contribution in [2.24, 2.45) is 0 Å². The lowest BCUT2D eigenvalue weighted by atomic mass is 10.3. The molecule has 2 N–H and O–H groups in total. The quantitative estimate of drug-likeness (QED) is 0.594. The predicted octanol–water partition coefficient (Wildman–Crippen LogP) is 1.64. The van der Waals surface area contributed by atoms with E-state index in [1.54, 1.807) is 31.4 Å². The van der Waals surface area contributed by atoms with E-state index in [-0.39, 0.29) is 30.6 Å². The van der Waals surface area contributed by atoms with Gasteiger partial charge in [0.15, 0.2) is 6.61 Å². The molecule has 2 aromatic carbocycles. The van der Waals surface area contributed by atoms with Crippen molar-refractivity contribution in [1.82, 2.24) is 4.72 Å². The molecule has 0 unspecified atom stereocenters. The Morgan fingerprint density at radius 3 is 2.44 bits per heavy atom. The third kappa shape index (κ3) is 6.55. The molecule has 0 aromatic heterocycles. The van der Waals surface area contributed by atoms with Crippen LogP contribution in [0.1, 0.15) is 0 Å². The number of hydrogen-bond acceptors (Lipinski definition) is 6. The van der Waals surface area contributed by atoms with Gasteiger partial charge in [-0.05, 0) is 36.4 Å². The van der Waals surface area contributed by atoms with Gasteiger partial charge in [0.1, 0.15) is 11.5 Å². The fourth-order valence-corrected chi connectivity index (χ4v) is 3.14. The van der Waals surface area contributed by atoms with Gasteiger partial charge in [0.25, 0.3) is 5.91 Å². The molecule has 0 saturated heterocycles. The van der Waals surface area contributed by atoms with Gasteiger partial charge in [-0.3, -0.25) is 4.79 Å². The molecule has 0 atom stereocenters. The minimum absolute atomic E-state index is 0.104. The minimum Gasteiger partial charge on any atom is -0.497 e. The zero-order valence-electron chi connectivity index (χ0n) is 15.1. The van der Waals surface area contributed by atoms with Gasteiger partial charge < -0.3 is 19.5 Å².